The van der Waals surface area contributed by atoms with E-state index in [4.69, 9.17) is 4.74 Å². The third-order valence-electron chi connectivity index (χ3n) is 3.43. The van der Waals surface area contributed by atoms with Gasteiger partial charge >= 0.3 is 0 Å². The first-order valence-electron chi connectivity index (χ1n) is 6.83. The van der Waals surface area contributed by atoms with Crippen LogP contribution in [0, 0.1) is 0 Å². The zero-order valence-electron chi connectivity index (χ0n) is 12.3. The maximum Gasteiger partial charge on any atom is 0.122 e. The number of anilines is 1. The smallest absolute Gasteiger partial charge is 0.122 e. The van der Waals surface area contributed by atoms with Crippen LogP contribution in [0.4, 0.5) is 5.69 Å². The minimum Gasteiger partial charge on any atom is -0.496 e. The summed E-state index contributed by atoms with van der Waals surface area (Å²) in [5, 5.41) is 13.3. The van der Waals surface area contributed by atoms with Crippen molar-refractivity contribution in [1.82, 2.24) is 0 Å². The van der Waals surface area contributed by atoms with E-state index in [0.29, 0.717) is 6.42 Å². The van der Waals surface area contributed by atoms with Gasteiger partial charge in [-0.05, 0) is 46.6 Å². The molecule has 0 aliphatic rings. The number of nitrogens with one attached hydrogen (secondary N) is 1. The highest BCUT2D eigenvalue weighted by Crippen LogP contribution is 2.28. The van der Waals surface area contributed by atoms with Crippen molar-refractivity contribution in [2.75, 3.05) is 19.0 Å². The molecule has 0 saturated heterocycles. The molecule has 1 atom stereocenters. The Morgan fingerprint density at radius 2 is 1.81 bits per heavy atom. The number of benzene rings is 2. The molecule has 0 aliphatic heterocycles. The Hall–Kier alpha value is -1.52. The van der Waals surface area contributed by atoms with Crippen LogP contribution in [0.5, 0.6) is 5.75 Å². The number of rotatable bonds is 6. The summed E-state index contributed by atoms with van der Waals surface area (Å²) in [5.74, 6) is 0.839. The first kappa shape index (κ1) is 15.9. The number of aliphatic hydroxyl groups is 1. The van der Waals surface area contributed by atoms with Crippen LogP contribution in [0.1, 0.15) is 12.5 Å². The Morgan fingerprint density at radius 3 is 2.48 bits per heavy atom. The molecular formula is C17H20BrNO2. The van der Waals surface area contributed by atoms with Crippen molar-refractivity contribution in [2.24, 2.45) is 0 Å². The summed E-state index contributed by atoms with van der Waals surface area (Å²) >= 11 is 3.52. The van der Waals surface area contributed by atoms with E-state index in [-0.39, 0.29) is 6.61 Å². The maximum absolute atomic E-state index is 9.84. The summed E-state index contributed by atoms with van der Waals surface area (Å²) in [7, 11) is 1.66. The number of ether oxygens (including phenoxy) is 1. The number of methoxy groups -OCH3 is 1. The molecule has 2 N–H and O–H groups in total. The van der Waals surface area contributed by atoms with Gasteiger partial charge in [-0.15, -0.1) is 0 Å². The third-order valence-corrected chi connectivity index (χ3v) is 4.12. The molecule has 1 unspecified atom stereocenters. The van der Waals surface area contributed by atoms with Gasteiger partial charge in [0.25, 0.3) is 0 Å². The Balaban J connectivity index is 2.23. The molecular weight excluding hydrogens is 330 g/mol. The second kappa shape index (κ2) is 6.96. The Morgan fingerprint density at radius 1 is 1.14 bits per heavy atom. The van der Waals surface area contributed by atoms with E-state index < -0.39 is 5.54 Å². The van der Waals surface area contributed by atoms with Crippen LogP contribution in [0.25, 0.3) is 0 Å². The molecule has 0 aliphatic carbocycles. The first-order valence-corrected chi connectivity index (χ1v) is 7.63. The average Bonchev–Trinajstić information content (AvgIpc) is 2.50. The predicted octanol–water partition coefficient (Wildman–Crippen LogP) is 3.86. The van der Waals surface area contributed by atoms with E-state index in [2.05, 4.69) is 21.2 Å². The van der Waals surface area contributed by atoms with Crippen molar-refractivity contribution in [3.05, 3.63) is 58.6 Å². The molecule has 0 amide bonds. The Labute approximate surface area is 134 Å². The normalized spacial score (nSPS) is 13.5. The monoisotopic (exact) mass is 349 g/mol. The number of aliphatic hydroxyl groups excluding tert-OH is 1. The van der Waals surface area contributed by atoms with Crippen molar-refractivity contribution in [2.45, 2.75) is 18.9 Å². The minimum atomic E-state index is -0.474. The second-order valence-corrected chi connectivity index (χ2v) is 6.17. The largest absolute Gasteiger partial charge is 0.496 e. The summed E-state index contributed by atoms with van der Waals surface area (Å²) in [6.45, 7) is 2.02. The lowest BCUT2D eigenvalue weighted by Crippen LogP contribution is -2.41. The van der Waals surface area contributed by atoms with Gasteiger partial charge in [0.05, 0.1) is 19.3 Å². The summed E-state index contributed by atoms with van der Waals surface area (Å²) in [6, 6.07) is 15.8. The molecule has 0 heterocycles. The molecule has 2 rings (SSSR count). The molecule has 3 nitrogen and oxygen atoms in total. The van der Waals surface area contributed by atoms with Gasteiger partial charge < -0.3 is 15.2 Å². The van der Waals surface area contributed by atoms with Gasteiger partial charge in [0.2, 0.25) is 0 Å². The number of para-hydroxylation sites is 2. The quantitative estimate of drug-likeness (QED) is 0.831. The van der Waals surface area contributed by atoms with E-state index in [1.165, 1.54) is 0 Å². The van der Waals surface area contributed by atoms with Crippen LogP contribution in [0.2, 0.25) is 0 Å². The molecule has 2 aromatic rings. The summed E-state index contributed by atoms with van der Waals surface area (Å²) < 4.78 is 6.37. The van der Waals surface area contributed by atoms with E-state index in [1.807, 2.05) is 55.5 Å². The molecule has 0 bridgehead atoms. The Bertz CT molecular complexity index is 603. The zero-order chi connectivity index (χ0) is 15.3. The van der Waals surface area contributed by atoms with E-state index in [1.54, 1.807) is 7.11 Å². The van der Waals surface area contributed by atoms with Crippen LogP contribution < -0.4 is 10.1 Å². The summed E-state index contributed by atoms with van der Waals surface area (Å²) in [4.78, 5) is 0. The SMILES string of the molecule is COc1ccccc1CC(C)(CO)Nc1ccccc1Br. The van der Waals surface area contributed by atoms with Crippen LogP contribution >= 0.6 is 15.9 Å². The predicted molar refractivity (Wildman–Crippen MR) is 90.0 cm³/mol. The molecule has 112 valence electrons. The number of hydrogen-bond acceptors (Lipinski definition) is 3. The number of halogens is 1. The zero-order valence-corrected chi connectivity index (χ0v) is 13.9. The van der Waals surface area contributed by atoms with Crippen LogP contribution in [0.15, 0.2) is 53.0 Å². The highest BCUT2D eigenvalue weighted by molar-refractivity contribution is 9.10. The lowest BCUT2D eigenvalue weighted by atomic mass is 9.92. The fourth-order valence-electron chi connectivity index (χ4n) is 2.30. The molecule has 0 radical (unpaired) electrons. The minimum absolute atomic E-state index is 0.0202. The van der Waals surface area contributed by atoms with E-state index in [0.717, 1.165) is 21.5 Å². The van der Waals surface area contributed by atoms with Gasteiger partial charge in [-0.3, -0.25) is 0 Å². The van der Waals surface area contributed by atoms with Gasteiger partial charge in [-0.25, -0.2) is 0 Å². The molecule has 2 aromatic carbocycles. The fourth-order valence-corrected chi connectivity index (χ4v) is 2.68. The van der Waals surface area contributed by atoms with Gasteiger partial charge in [-0.1, -0.05) is 30.3 Å². The highest BCUT2D eigenvalue weighted by Gasteiger charge is 2.25. The lowest BCUT2D eigenvalue weighted by Gasteiger charge is -2.31. The average molecular weight is 350 g/mol. The van der Waals surface area contributed by atoms with Crippen molar-refractivity contribution in [3.8, 4) is 5.75 Å². The molecule has 0 spiro atoms. The molecule has 4 heteroatoms. The van der Waals surface area contributed by atoms with Gasteiger partial charge in [0.1, 0.15) is 5.75 Å². The molecule has 0 aromatic heterocycles. The topological polar surface area (TPSA) is 41.5 Å². The standard InChI is InChI=1S/C17H20BrNO2/c1-17(12-20,19-15-9-5-4-8-14(15)18)11-13-7-3-6-10-16(13)21-2/h3-10,19-20H,11-12H2,1-2H3. The summed E-state index contributed by atoms with van der Waals surface area (Å²) in [5.41, 5.74) is 1.55. The van der Waals surface area contributed by atoms with Crippen molar-refractivity contribution >= 4 is 21.6 Å². The number of hydrogen-bond donors (Lipinski definition) is 2. The van der Waals surface area contributed by atoms with Gasteiger partial charge in [-0.2, -0.15) is 0 Å². The van der Waals surface area contributed by atoms with Crippen molar-refractivity contribution < 1.29 is 9.84 Å². The molecule has 0 saturated carbocycles. The highest BCUT2D eigenvalue weighted by atomic mass is 79.9. The summed E-state index contributed by atoms with van der Waals surface area (Å²) in [6.07, 6.45) is 0.662. The molecule has 0 fully saturated rings. The second-order valence-electron chi connectivity index (χ2n) is 5.31. The maximum atomic E-state index is 9.84. The molecule has 21 heavy (non-hydrogen) atoms. The van der Waals surface area contributed by atoms with Gasteiger partial charge in [0, 0.05) is 16.6 Å². The first-order chi connectivity index (χ1) is 10.1. The van der Waals surface area contributed by atoms with Crippen molar-refractivity contribution in [3.63, 3.8) is 0 Å². The Kier molecular flexibility index (Phi) is 5.26. The van der Waals surface area contributed by atoms with Crippen LogP contribution in [-0.2, 0) is 6.42 Å². The van der Waals surface area contributed by atoms with Crippen LogP contribution in [0.3, 0.4) is 0 Å². The van der Waals surface area contributed by atoms with Crippen molar-refractivity contribution in [1.29, 1.82) is 0 Å². The van der Waals surface area contributed by atoms with Gasteiger partial charge in [0.15, 0.2) is 0 Å². The van der Waals surface area contributed by atoms with E-state index >= 15 is 0 Å². The lowest BCUT2D eigenvalue weighted by molar-refractivity contribution is 0.221. The third kappa shape index (κ3) is 3.99. The fraction of sp³-hybridized carbons (Fsp3) is 0.294. The van der Waals surface area contributed by atoms with E-state index in [9.17, 15) is 5.11 Å². The van der Waals surface area contributed by atoms with Crippen LogP contribution in [-0.4, -0.2) is 24.4 Å².